The first-order valence-electron chi connectivity index (χ1n) is 7.53. The molecular formula is C18H15ClN4O2. The number of para-hydroxylation sites is 1. The van der Waals surface area contributed by atoms with E-state index in [2.05, 4.69) is 20.8 Å². The van der Waals surface area contributed by atoms with Crippen molar-refractivity contribution in [3.63, 3.8) is 0 Å². The summed E-state index contributed by atoms with van der Waals surface area (Å²) in [6, 6.07) is 15.8. The fraction of sp³-hybridized carbons (Fsp3) is 0.0556. The number of aromatic amines is 1. The molecule has 0 aliphatic heterocycles. The molecule has 2 aromatic carbocycles. The van der Waals surface area contributed by atoms with Gasteiger partial charge in [-0.2, -0.15) is 5.10 Å². The lowest BCUT2D eigenvalue weighted by Gasteiger charge is -2.06. The van der Waals surface area contributed by atoms with E-state index >= 15 is 0 Å². The van der Waals surface area contributed by atoms with Crippen molar-refractivity contribution in [3.8, 4) is 0 Å². The van der Waals surface area contributed by atoms with Gasteiger partial charge < -0.3 is 10.6 Å². The molecule has 0 saturated carbocycles. The molecule has 7 heteroatoms. The zero-order valence-corrected chi connectivity index (χ0v) is 14.1. The Labute approximate surface area is 149 Å². The highest BCUT2D eigenvalue weighted by Gasteiger charge is 2.19. The quantitative estimate of drug-likeness (QED) is 0.664. The van der Waals surface area contributed by atoms with Crippen molar-refractivity contribution in [2.24, 2.45) is 0 Å². The van der Waals surface area contributed by atoms with Gasteiger partial charge in [0.1, 0.15) is 5.82 Å². The third-order valence-electron chi connectivity index (χ3n) is 3.61. The van der Waals surface area contributed by atoms with Crippen LogP contribution in [0.4, 0.5) is 11.5 Å². The molecule has 0 atom stereocenters. The summed E-state index contributed by atoms with van der Waals surface area (Å²) in [6.07, 6.45) is 0. The van der Waals surface area contributed by atoms with Gasteiger partial charge in [0.2, 0.25) is 0 Å². The van der Waals surface area contributed by atoms with E-state index in [1.54, 1.807) is 43.3 Å². The minimum atomic E-state index is -0.382. The Morgan fingerprint density at radius 3 is 2.36 bits per heavy atom. The molecule has 3 rings (SSSR count). The van der Waals surface area contributed by atoms with Gasteiger partial charge in [0.15, 0.2) is 5.69 Å². The van der Waals surface area contributed by atoms with E-state index in [-0.39, 0.29) is 17.5 Å². The zero-order chi connectivity index (χ0) is 17.8. The highest BCUT2D eigenvalue weighted by molar-refractivity contribution is 6.34. The number of anilines is 2. The first-order chi connectivity index (χ1) is 12.1. The summed E-state index contributed by atoms with van der Waals surface area (Å²) in [7, 11) is 0. The standard InChI is InChI=1S/C18H15ClN4O2/c1-11-15(18(25)20-12-7-3-2-4-8-12)22-23-16(11)21-17(24)13-9-5-6-10-14(13)19/h2-10H,1H3,(H,20,25)(H2,21,22,23,24). The molecule has 3 N–H and O–H groups in total. The second-order valence-corrected chi connectivity index (χ2v) is 5.73. The number of rotatable bonds is 4. The lowest BCUT2D eigenvalue weighted by Crippen LogP contribution is -2.15. The Morgan fingerprint density at radius 2 is 1.64 bits per heavy atom. The smallest absolute Gasteiger partial charge is 0.276 e. The number of hydrogen-bond acceptors (Lipinski definition) is 3. The minimum Gasteiger partial charge on any atom is -0.321 e. The Hall–Kier alpha value is -3.12. The molecule has 0 bridgehead atoms. The van der Waals surface area contributed by atoms with Crippen LogP contribution in [0, 0.1) is 6.92 Å². The normalized spacial score (nSPS) is 10.3. The third kappa shape index (κ3) is 3.70. The predicted octanol–water partition coefficient (Wildman–Crippen LogP) is 3.88. The summed E-state index contributed by atoms with van der Waals surface area (Å²) in [5.41, 5.74) is 1.75. The van der Waals surface area contributed by atoms with E-state index < -0.39 is 0 Å². The number of nitrogens with zero attached hydrogens (tertiary/aromatic N) is 1. The van der Waals surface area contributed by atoms with Crippen molar-refractivity contribution in [1.82, 2.24) is 10.2 Å². The fourth-order valence-electron chi connectivity index (χ4n) is 2.28. The Bertz CT molecular complexity index is 922. The first kappa shape index (κ1) is 16.7. The van der Waals surface area contributed by atoms with E-state index in [1.165, 1.54) is 0 Å². The van der Waals surface area contributed by atoms with Gasteiger partial charge >= 0.3 is 0 Å². The van der Waals surface area contributed by atoms with E-state index in [0.717, 1.165) is 0 Å². The van der Waals surface area contributed by atoms with Crippen LogP contribution in [0.1, 0.15) is 26.4 Å². The molecule has 0 fully saturated rings. The monoisotopic (exact) mass is 354 g/mol. The molecule has 0 spiro atoms. The topological polar surface area (TPSA) is 86.9 Å². The van der Waals surface area contributed by atoms with Crippen molar-refractivity contribution in [1.29, 1.82) is 0 Å². The van der Waals surface area contributed by atoms with Crippen molar-refractivity contribution >= 4 is 34.9 Å². The van der Waals surface area contributed by atoms with Gasteiger partial charge in [0.25, 0.3) is 11.8 Å². The van der Waals surface area contributed by atoms with Crippen LogP contribution in [-0.2, 0) is 0 Å². The molecule has 126 valence electrons. The Kier molecular flexibility index (Phi) is 4.81. The number of hydrogen-bond donors (Lipinski definition) is 3. The van der Waals surface area contributed by atoms with Crippen LogP contribution in [0.3, 0.4) is 0 Å². The fourth-order valence-corrected chi connectivity index (χ4v) is 2.50. The van der Waals surface area contributed by atoms with E-state index in [1.807, 2.05) is 18.2 Å². The number of amides is 2. The van der Waals surface area contributed by atoms with Gasteiger partial charge in [-0.15, -0.1) is 0 Å². The van der Waals surface area contributed by atoms with Crippen LogP contribution >= 0.6 is 11.6 Å². The summed E-state index contributed by atoms with van der Waals surface area (Å²) >= 11 is 6.02. The average molecular weight is 355 g/mol. The second kappa shape index (κ2) is 7.19. The van der Waals surface area contributed by atoms with Gasteiger partial charge in [-0.05, 0) is 31.2 Å². The van der Waals surface area contributed by atoms with Crippen LogP contribution in [-0.4, -0.2) is 22.0 Å². The third-order valence-corrected chi connectivity index (χ3v) is 3.94. The largest absolute Gasteiger partial charge is 0.321 e. The molecule has 0 radical (unpaired) electrons. The van der Waals surface area contributed by atoms with Crippen molar-refractivity contribution in [3.05, 3.63) is 76.4 Å². The maximum atomic E-state index is 12.3. The maximum absolute atomic E-state index is 12.3. The van der Waals surface area contributed by atoms with Crippen LogP contribution in [0.15, 0.2) is 54.6 Å². The van der Waals surface area contributed by atoms with Gasteiger partial charge in [0, 0.05) is 11.3 Å². The number of halogens is 1. The molecule has 0 unspecified atom stereocenters. The number of nitrogens with one attached hydrogen (secondary N) is 3. The van der Waals surface area contributed by atoms with Crippen molar-refractivity contribution in [2.75, 3.05) is 10.6 Å². The summed E-state index contributed by atoms with van der Waals surface area (Å²) in [5, 5.41) is 12.5. The SMILES string of the molecule is Cc1c(C(=O)Nc2ccccc2)n[nH]c1NC(=O)c1ccccc1Cl. The molecule has 1 heterocycles. The summed E-state index contributed by atoms with van der Waals surface area (Å²) < 4.78 is 0. The predicted molar refractivity (Wildman–Crippen MR) is 97.1 cm³/mol. The van der Waals surface area contributed by atoms with Gasteiger partial charge in [-0.3, -0.25) is 14.7 Å². The molecule has 3 aromatic rings. The van der Waals surface area contributed by atoms with Crippen LogP contribution in [0.2, 0.25) is 5.02 Å². The van der Waals surface area contributed by atoms with Gasteiger partial charge in [-0.1, -0.05) is 41.9 Å². The Morgan fingerprint density at radius 1 is 0.960 bits per heavy atom. The second-order valence-electron chi connectivity index (χ2n) is 5.33. The Balaban J connectivity index is 1.76. The number of carbonyl (C=O) groups is 2. The highest BCUT2D eigenvalue weighted by atomic mass is 35.5. The van der Waals surface area contributed by atoms with E-state index in [0.29, 0.717) is 27.7 Å². The number of aromatic nitrogens is 2. The zero-order valence-electron chi connectivity index (χ0n) is 13.3. The minimum absolute atomic E-state index is 0.207. The summed E-state index contributed by atoms with van der Waals surface area (Å²) in [4.78, 5) is 24.6. The van der Waals surface area contributed by atoms with E-state index in [4.69, 9.17) is 11.6 Å². The molecule has 6 nitrogen and oxygen atoms in total. The molecule has 0 saturated heterocycles. The number of benzene rings is 2. The molecule has 0 aliphatic rings. The highest BCUT2D eigenvalue weighted by Crippen LogP contribution is 2.20. The van der Waals surface area contributed by atoms with Crippen LogP contribution in [0.25, 0.3) is 0 Å². The number of carbonyl (C=O) groups excluding carboxylic acids is 2. The molecule has 2 amide bonds. The number of H-pyrrole nitrogens is 1. The first-order valence-corrected chi connectivity index (χ1v) is 7.91. The van der Waals surface area contributed by atoms with Crippen molar-refractivity contribution < 1.29 is 9.59 Å². The molecule has 0 aliphatic carbocycles. The molecular weight excluding hydrogens is 340 g/mol. The van der Waals surface area contributed by atoms with Crippen molar-refractivity contribution in [2.45, 2.75) is 6.92 Å². The molecule has 25 heavy (non-hydrogen) atoms. The van der Waals surface area contributed by atoms with Gasteiger partial charge in [-0.25, -0.2) is 0 Å². The average Bonchev–Trinajstić information content (AvgIpc) is 2.97. The lowest BCUT2D eigenvalue weighted by atomic mass is 10.2. The summed E-state index contributed by atoms with van der Waals surface area (Å²) in [5.74, 6) is -0.395. The van der Waals surface area contributed by atoms with Crippen LogP contribution in [0.5, 0.6) is 0 Å². The van der Waals surface area contributed by atoms with Gasteiger partial charge in [0.05, 0.1) is 10.6 Å². The lowest BCUT2D eigenvalue weighted by molar-refractivity contribution is 0.101. The van der Waals surface area contributed by atoms with Crippen LogP contribution < -0.4 is 10.6 Å². The maximum Gasteiger partial charge on any atom is 0.276 e. The summed E-state index contributed by atoms with van der Waals surface area (Å²) in [6.45, 7) is 1.70. The van der Waals surface area contributed by atoms with E-state index in [9.17, 15) is 9.59 Å². The molecule has 1 aromatic heterocycles.